The average Bonchev–Trinajstić information content (AvgIpc) is 3.19. The van der Waals surface area contributed by atoms with Gasteiger partial charge in [-0.3, -0.25) is 9.29 Å². The zero-order valence-electron chi connectivity index (χ0n) is 21.1. The molecule has 3 aromatic rings. The number of aromatic nitrogens is 2. The molecule has 1 aromatic carbocycles. The van der Waals surface area contributed by atoms with E-state index < -0.39 is 0 Å². The van der Waals surface area contributed by atoms with Gasteiger partial charge in [0.25, 0.3) is 0 Å². The highest BCUT2D eigenvalue weighted by Gasteiger charge is 2.35. The van der Waals surface area contributed by atoms with Crippen LogP contribution in [0.15, 0.2) is 42.6 Å². The van der Waals surface area contributed by atoms with Crippen LogP contribution < -0.4 is 4.84 Å². The second kappa shape index (κ2) is 10.3. The molecule has 0 bridgehead atoms. The fraction of sp³-hybridized carbons (Fsp3) is 0.464. The Balaban J connectivity index is 1.81. The lowest BCUT2D eigenvalue weighted by atomic mass is 9.87. The summed E-state index contributed by atoms with van der Waals surface area (Å²) in [5, 5.41) is 2.98. The number of benzene rings is 1. The van der Waals surface area contributed by atoms with Gasteiger partial charge in [0.15, 0.2) is 0 Å². The molecule has 0 radical (unpaired) electrons. The van der Waals surface area contributed by atoms with Crippen molar-refractivity contribution in [3.63, 3.8) is 0 Å². The van der Waals surface area contributed by atoms with Crippen molar-refractivity contribution in [1.82, 2.24) is 19.9 Å². The van der Waals surface area contributed by atoms with Gasteiger partial charge in [-0.15, -0.1) is 5.06 Å². The number of hydroxylamine groups is 2. The van der Waals surface area contributed by atoms with E-state index >= 15 is 0 Å². The van der Waals surface area contributed by atoms with Gasteiger partial charge in [0, 0.05) is 55.0 Å². The average molecular weight is 465 g/mol. The van der Waals surface area contributed by atoms with Crippen LogP contribution >= 0.6 is 0 Å². The van der Waals surface area contributed by atoms with E-state index in [4.69, 9.17) is 4.84 Å². The Hall–Kier alpha value is -2.70. The van der Waals surface area contributed by atoms with Crippen molar-refractivity contribution in [3.05, 3.63) is 70.6 Å². The molecule has 2 atom stereocenters. The van der Waals surface area contributed by atoms with E-state index in [0.29, 0.717) is 24.8 Å². The van der Waals surface area contributed by atoms with Crippen LogP contribution in [0.25, 0.3) is 10.9 Å². The van der Waals surface area contributed by atoms with Crippen molar-refractivity contribution < 1.29 is 9.23 Å². The SMILES string of the molecule is C=C(C)C(C)CN1CCc2c([nH]c3ccccc23)C1c1c(C)cnc(ON(C)CCCF)c1C. The molecular formula is C28H37FN4O. The third-order valence-corrected chi connectivity index (χ3v) is 7.13. The van der Waals surface area contributed by atoms with E-state index in [1.807, 2.05) is 13.2 Å². The monoisotopic (exact) mass is 464 g/mol. The van der Waals surface area contributed by atoms with Crippen molar-refractivity contribution in [2.45, 2.75) is 46.6 Å². The Labute approximate surface area is 202 Å². The molecule has 0 saturated heterocycles. The van der Waals surface area contributed by atoms with Crippen LogP contribution in [0, 0.1) is 19.8 Å². The van der Waals surface area contributed by atoms with Crippen LogP contribution in [-0.4, -0.2) is 53.3 Å². The molecule has 1 aliphatic heterocycles. The van der Waals surface area contributed by atoms with Crippen LogP contribution in [0.4, 0.5) is 4.39 Å². The molecule has 1 N–H and O–H groups in total. The number of fused-ring (bicyclic) bond motifs is 3. The molecule has 6 heteroatoms. The summed E-state index contributed by atoms with van der Waals surface area (Å²) in [6, 6.07) is 8.64. The predicted octanol–water partition coefficient (Wildman–Crippen LogP) is 5.92. The number of nitrogens with one attached hydrogen (secondary N) is 1. The van der Waals surface area contributed by atoms with E-state index in [1.54, 1.807) is 5.06 Å². The van der Waals surface area contributed by atoms with Gasteiger partial charge < -0.3 is 9.82 Å². The molecule has 5 nitrogen and oxygen atoms in total. The molecule has 4 rings (SSSR count). The Morgan fingerprint density at radius 1 is 1.35 bits per heavy atom. The fourth-order valence-electron chi connectivity index (χ4n) is 5.04. The Morgan fingerprint density at radius 3 is 2.85 bits per heavy atom. The normalized spacial score (nSPS) is 17.2. The number of nitrogens with zero attached hydrogens (tertiary/aromatic N) is 3. The number of pyridine rings is 1. The molecule has 2 unspecified atom stereocenters. The number of para-hydroxylation sites is 1. The van der Waals surface area contributed by atoms with Crippen molar-refractivity contribution in [3.8, 4) is 5.88 Å². The topological polar surface area (TPSA) is 44.4 Å². The highest BCUT2D eigenvalue weighted by Crippen LogP contribution is 2.42. The lowest BCUT2D eigenvalue weighted by molar-refractivity contribution is -0.0388. The van der Waals surface area contributed by atoms with Gasteiger partial charge in [-0.05, 0) is 62.3 Å². The first-order valence-corrected chi connectivity index (χ1v) is 12.2. The smallest absolute Gasteiger partial charge is 0.241 e. The van der Waals surface area contributed by atoms with Crippen LogP contribution in [0.1, 0.15) is 54.3 Å². The second-order valence-electron chi connectivity index (χ2n) is 9.73. The zero-order chi connectivity index (χ0) is 24.4. The Bertz CT molecular complexity index is 1170. The maximum Gasteiger partial charge on any atom is 0.241 e. The third kappa shape index (κ3) is 4.75. The van der Waals surface area contributed by atoms with Crippen molar-refractivity contribution in [2.75, 3.05) is 33.4 Å². The summed E-state index contributed by atoms with van der Waals surface area (Å²) >= 11 is 0. The highest BCUT2D eigenvalue weighted by molar-refractivity contribution is 5.85. The number of aromatic amines is 1. The molecular weight excluding hydrogens is 427 g/mol. The number of hydrogen-bond donors (Lipinski definition) is 1. The standard InChI is InChI=1S/C28H37FN4O/c1-18(2)20(4)17-33-15-12-23-22-10-7-8-11-24(22)31-26(23)27(33)25-19(3)16-30-28(21(25)5)34-32(6)14-9-13-29/h7-8,10-11,16,20,27,31H,1,9,12-15,17H2,2-6H3. The molecule has 0 saturated carbocycles. The molecule has 182 valence electrons. The predicted molar refractivity (Wildman–Crippen MR) is 137 cm³/mol. The fourth-order valence-corrected chi connectivity index (χ4v) is 5.04. The summed E-state index contributed by atoms with van der Waals surface area (Å²) in [5.41, 5.74) is 8.43. The van der Waals surface area contributed by atoms with Crippen LogP contribution in [0.5, 0.6) is 5.88 Å². The molecule has 0 aliphatic carbocycles. The first kappa shape index (κ1) is 24.4. The largest absolute Gasteiger partial charge is 0.386 e. The van der Waals surface area contributed by atoms with Crippen molar-refractivity contribution in [2.24, 2.45) is 5.92 Å². The molecule has 3 heterocycles. The van der Waals surface area contributed by atoms with Crippen LogP contribution in [0.3, 0.4) is 0 Å². The van der Waals surface area contributed by atoms with Gasteiger partial charge in [-0.1, -0.05) is 37.3 Å². The number of rotatable bonds is 9. The zero-order valence-corrected chi connectivity index (χ0v) is 21.1. The number of H-pyrrole nitrogens is 1. The number of aryl methyl sites for hydroxylation is 1. The minimum atomic E-state index is -0.361. The maximum absolute atomic E-state index is 12.7. The van der Waals surface area contributed by atoms with E-state index in [2.05, 4.69) is 73.4 Å². The van der Waals surface area contributed by atoms with Crippen LogP contribution in [-0.2, 0) is 6.42 Å². The van der Waals surface area contributed by atoms with E-state index in [0.717, 1.165) is 30.6 Å². The van der Waals surface area contributed by atoms with Gasteiger partial charge in [0.05, 0.1) is 12.7 Å². The summed E-state index contributed by atoms with van der Waals surface area (Å²) in [7, 11) is 1.83. The van der Waals surface area contributed by atoms with Gasteiger partial charge in [-0.2, -0.15) is 0 Å². The number of alkyl halides is 1. The maximum atomic E-state index is 12.7. The van der Waals surface area contributed by atoms with Gasteiger partial charge >= 0.3 is 0 Å². The molecule has 2 aromatic heterocycles. The molecule has 1 aliphatic rings. The first-order chi connectivity index (χ1) is 16.3. The number of hydrogen-bond acceptors (Lipinski definition) is 4. The second-order valence-corrected chi connectivity index (χ2v) is 9.73. The molecule has 0 amide bonds. The van der Waals surface area contributed by atoms with Gasteiger partial charge in [0.2, 0.25) is 5.88 Å². The van der Waals surface area contributed by atoms with E-state index in [1.165, 1.54) is 33.3 Å². The molecule has 0 fully saturated rings. The van der Waals surface area contributed by atoms with E-state index in [-0.39, 0.29) is 12.7 Å². The minimum absolute atomic E-state index is 0.0689. The van der Waals surface area contributed by atoms with Gasteiger partial charge in [0.1, 0.15) is 0 Å². The third-order valence-electron chi connectivity index (χ3n) is 7.13. The molecule has 0 spiro atoms. The van der Waals surface area contributed by atoms with Crippen LogP contribution in [0.2, 0.25) is 0 Å². The number of halogens is 1. The summed E-state index contributed by atoms with van der Waals surface area (Å²) in [4.78, 5) is 17.0. The van der Waals surface area contributed by atoms with Gasteiger partial charge in [-0.25, -0.2) is 4.98 Å². The summed E-state index contributed by atoms with van der Waals surface area (Å²) in [5.74, 6) is 0.969. The van der Waals surface area contributed by atoms with E-state index in [9.17, 15) is 4.39 Å². The molecule has 34 heavy (non-hydrogen) atoms. The Morgan fingerprint density at radius 2 is 2.12 bits per heavy atom. The summed E-state index contributed by atoms with van der Waals surface area (Å²) in [6.45, 7) is 14.8. The summed E-state index contributed by atoms with van der Waals surface area (Å²) < 4.78 is 12.7. The quantitative estimate of drug-likeness (QED) is 0.315. The Kier molecular flexibility index (Phi) is 7.39. The van der Waals surface area contributed by atoms with Crippen molar-refractivity contribution >= 4 is 10.9 Å². The summed E-state index contributed by atoms with van der Waals surface area (Å²) in [6.07, 6.45) is 3.34. The van der Waals surface area contributed by atoms with Crippen molar-refractivity contribution in [1.29, 1.82) is 0 Å². The minimum Gasteiger partial charge on any atom is -0.386 e. The first-order valence-electron chi connectivity index (χ1n) is 12.2. The highest BCUT2D eigenvalue weighted by atomic mass is 19.1. The lowest BCUT2D eigenvalue weighted by Gasteiger charge is -2.39. The lowest BCUT2D eigenvalue weighted by Crippen LogP contribution is -2.39.